The molecular weight excluding hydrogens is 494 g/mol. The number of likely N-dealkylation sites (N-methyl/N-ethyl adjacent to an activating group) is 1. The van der Waals surface area contributed by atoms with Gasteiger partial charge in [-0.05, 0) is 55.6 Å². The van der Waals surface area contributed by atoms with E-state index in [-0.39, 0.29) is 10.8 Å². The van der Waals surface area contributed by atoms with Crippen LogP contribution in [0.25, 0.3) is 12.2 Å². The summed E-state index contributed by atoms with van der Waals surface area (Å²) in [6, 6.07) is 12.3. The van der Waals surface area contributed by atoms with Crippen molar-refractivity contribution in [2.45, 2.75) is 0 Å². The number of anilines is 3. The van der Waals surface area contributed by atoms with Gasteiger partial charge >= 0.3 is 4.87 Å². The first kappa shape index (κ1) is 22.7. The number of H-pyrrole nitrogens is 1. The summed E-state index contributed by atoms with van der Waals surface area (Å²) in [6.07, 6.45) is 5.42. The fraction of sp³-hybridized carbons (Fsp3) is 0.200. The fourth-order valence-electron chi connectivity index (χ4n) is 4.20. The molecule has 0 bridgehead atoms. The van der Waals surface area contributed by atoms with Crippen molar-refractivity contribution in [3.8, 4) is 5.88 Å². The molecule has 0 amide bonds. The Hall–Kier alpha value is -3.80. The number of hydrogen-bond donors (Lipinski definition) is 3. The minimum Gasteiger partial charge on any atom is -0.493 e. The summed E-state index contributed by atoms with van der Waals surface area (Å²) < 4.78 is 1.84. The van der Waals surface area contributed by atoms with Crippen LogP contribution < -0.4 is 24.8 Å². The number of hydrogen-bond acceptors (Lipinski definition) is 10. The predicted molar refractivity (Wildman–Crippen MR) is 145 cm³/mol. The molecule has 1 fully saturated rings. The molecule has 0 unspecified atom stereocenters. The van der Waals surface area contributed by atoms with Crippen LogP contribution in [0.5, 0.6) is 5.88 Å². The number of aromatic amines is 1. The van der Waals surface area contributed by atoms with Gasteiger partial charge < -0.3 is 20.2 Å². The summed E-state index contributed by atoms with van der Waals surface area (Å²) in [7, 11) is 2.16. The fourth-order valence-corrected chi connectivity index (χ4v) is 5.91. The van der Waals surface area contributed by atoms with Crippen molar-refractivity contribution in [1.29, 1.82) is 0 Å². The molecular formula is C25H23N7O2S2. The predicted octanol–water partition coefficient (Wildman–Crippen LogP) is 2.10. The van der Waals surface area contributed by atoms with Crippen molar-refractivity contribution < 1.29 is 5.11 Å². The smallest absolute Gasteiger partial charge is 0.307 e. The Balaban J connectivity index is 1.34. The Kier molecular flexibility index (Phi) is 5.88. The first-order chi connectivity index (χ1) is 17.5. The highest BCUT2D eigenvalue weighted by Gasteiger charge is 2.14. The van der Waals surface area contributed by atoms with Crippen LogP contribution in [0.1, 0.15) is 4.88 Å². The number of aromatic hydroxyl groups is 1. The van der Waals surface area contributed by atoms with E-state index in [1.54, 1.807) is 12.3 Å². The van der Waals surface area contributed by atoms with Crippen LogP contribution in [0.2, 0.25) is 0 Å². The van der Waals surface area contributed by atoms with Gasteiger partial charge in [-0.2, -0.15) is 4.98 Å². The van der Waals surface area contributed by atoms with E-state index in [1.807, 2.05) is 30.3 Å². The van der Waals surface area contributed by atoms with Crippen molar-refractivity contribution in [2.24, 2.45) is 4.99 Å². The molecule has 3 aromatic heterocycles. The van der Waals surface area contributed by atoms with Crippen LogP contribution in [0.3, 0.4) is 0 Å². The van der Waals surface area contributed by atoms with E-state index in [4.69, 9.17) is 4.98 Å². The van der Waals surface area contributed by atoms with Gasteiger partial charge in [-0.25, -0.2) is 9.98 Å². The minimum absolute atomic E-state index is 0.116. The van der Waals surface area contributed by atoms with Crippen molar-refractivity contribution in [2.75, 3.05) is 43.4 Å². The van der Waals surface area contributed by atoms with Crippen molar-refractivity contribution in [3.63, 3.8) is 0 Å². The van der Waals surface area contributed by atoms with Gasteiger partial charge in [0, 0.05) is 53.5 Å². The second kappa shape index (κ2) is 9.34. The minimum atomic E-state index is -0.289. The normalized spacial score (nSPS) is 16.8. The van der Waals surface area contributed by atoms with E-state index in [0.717, 1.165) is 62.8 Å². The van der Waals surface area contributed by atoms with Crippen molar-refractivity contribution in [3.05, 3.63) is 70.6 Å². The Morgan fingerprint density at radius 3 is 2.61 bits per heavy atom. The third-order valence-electron chi connectivity index (χ3n) is 6.15. The van der Waals surface area contributed by atoms with Gasteiger partial charge in [0.05, 0.1) is 14.8 Å². The highest BCUT2D eigenvalue weighted by atomic mass is 32.1. The van der Waals surface area contributed by atoms with E-state index in [1.165, 1.54) is 17.0 Å². The maximum absolute atomic E-state index is 11.5. The third kappa shape index (κ3) is 4.55. The number of thiazole rings is 1. The highest BCUT2D eigenvalue weighted by molar-refractivity contribution is 7.11. The van der Waals surface area contributed by atoms with Gasteiger partial charge in [0.2, 0.25) is 11.8 Å². The lowest BCUT2D eigenvalue weighted by Gasteiger charge is -2.34. The Bertz CT molecular complexity index is 1730. The number of nitrogens with one attached hydrogen (secondary N) is 2. The molecule has 11 heteroatoms. The molecule has 0 saturated carbocycles. The molecule has 9 nitrogen and oxygen atoms in total. The van der Waals surface area contributed by atoms with Crippen LogP contribution in [0.4, 0.5) is 23.1 Å². The lowest BCUT2D eigenvalue weighted by Crippen LogP contribution is -2.44. The van der Waals surface area contributed by atoms with Gasteiger partial charge in [-0.1, -0.05) is 11.3 Å². The quantitative estimate of drug-likeness (QED) is 0.380. The van der Waals surface area contributed by atoms with Crippen molar-refractivity contribution >= 4 is 64.2 Å². The van der Waals surface area contributed by atoms with Gasteiger partial charge in [-0.15, -0.1) is 11.3 Å². The van der Waals surface area contributed by atoms with Crippen LogP contribution in [-0.2, 0) is 0 Å². The molecule has 0 aliphatic carbocycles. The van der Waals surface area contributed by atoms with Gasteiger partial charge in [0.1, 0.15) is 0 Å². The molecule has 182 valence electrons. The summed E-state index contributed by atoms with van der Waals surface area (Å²) in [5, 5.41) is 14.9. The van der Waals surface area contributed by atoms with Gasteiger partial charge in [0.15, 0.2) is 5.82 Å². The largest absolute Gasteiger partial charge is 0.493 e. The topological polar surface area (TPSA) is 110 Å². The van der Waals surface area contributed by atoms with E-state index >= 15 is 0 Å². The number of aliphatic imine (C=N–C) groups is 1. The number of thiophene rings is 1. The zero-order valence-electron chi connectivity index (χ0n) is 19.4. The second-order valence-electron chi connectivity index (χ2n) is 8.61. The summed E-state index contributed by atoms with van der Waals surface area (Å²) >= 11 is 2.49. The monoisotopic (exact) mass is 517 g/mol. The van der Waals surface area contributed by atoms with E-state index in [2.05, 4.69) is 49.3 Å². The average Bonchev–Trinajstić information content (AvgIpc) is 3.60. The summed E-state index contributed by atoms with van der Waals surface area (Å²) in [6.45, 7) is 4.19. The molecule has 1 aromatic carbocycles. The number of benzene rings is 1. The van der Waals surface area contributed by atoms with Gasteiger partial charge in [0.25, 0.3) is 0 Å². The highest BCUT2D eigenvalue weighted by Crippen LogP contribution is 2.22. The number of rotatable bonds is 4. The maximum Gasteiger partial charge on any atom is 0.307 e. The van der Waals surface area contributed by atoms with E-state index < -0.39 is 0 Å². The Morgan fingerprint density at radius 2 is 1.86 bits per heavy atom. The summed E-state index contributed by atoms with van der Waals surface area (Å²) in [5.74, 6) is 0.982. The number of piperazine rings is 1. The Morgan fingerprint density at radius 1 is 1.06 bits per heavy atom. The van der Waals surface area contributed by atoms with Crippen molar-refractivity contribution in [1.82, 2.24) is 19.9 Å². The molecule has 2 aliphatic heterocycles. The van der Waals surface area contributed by atoms with E-state index in [0.29, 0.717) is 16.6 Å². The van der Waals surface area contributed by atoms with Crippen LogP contribution in [-0.4, -0.2) is 64.4 Å². The molecule has 0 atom stereocenters. The second-order valence-corrected chi connectivity index (χ2v) is 10.7. The molecule has 0 radical (unpaired) electrons. The zero-order chi connectivity index (χ0) is 24.6. The summed E-state index contributed by atoms with van der Waals surface area (Å²) in [5.41, 5.74) is 2.12. The maximum atomic E-state index is 11.5. The molecule has 3 N–H and O–H groups in total. The molecule has 0 spiro atoms. The SMILES string of the molecule is CN1CCN(c2ccc(Nc3nc4c(c(=c5ccc(=Cc6sc(=O)[nH]c6O)s5)n3)=CC=N4)cc2)CC1. The lowest BCUT2D eigenvalue weighted by atomic mass is 10.2. The number of fused-ring (bicyclic) bond motifs is 1. The average molecular weight is 518 g/mol. The number of aromatic nitrogens is 3. The van der Waals surface area contributed by atoms with Crippen LogP contribution in [0, 0.1) is 9.88 Å². The molecule has 36 heavy (non-hydrogen) atoms. The Labute approximate surface area is 213 Å². The molecule has 4 aromatic rings. The standard InChI is InChI=1S/C25H23N7O2S2/c1-31-10-12-32(13-11-31)16-4-2-15(3-5-16)27-24-28-21(18-8-9-26-22(18)29-24)19-7-6-17(35-19)14-20-23(33)30-25(34)36-20/h2-9,14,33H,10-13H2,1H3,(H,27,28)(H,30,34). The molecule has 6 rings (SSSR count). The molecule has 1 saturated heterocycles. The summed E-state index contributed by atoms with van der Waals surface area (Å²) in [4.78, 5) is 32.7. The molecule has 2 aliphatic rings. The molecule has 5 heterocycles. The zero-order valence-corrected chi connectivity index (χ0v) is 21.1. The van der Waals surface area contributed by atoms with E-state index in [9.17, 15) is 9.90 Å². The van der Waals surface area contributed by atoms with Gasteiger partial charge in [-0.3, -0.25) is 9.78 Å². The first-order valence-electron chi connectivity index (χ1n) is 11.5. The first-order valence-corrected chi connectivity index (χ1v) is 13.1. The van der Waals surface area contributed by atoms with Crippen LogP contribution in [0.15, 0.2) is 46.2 Å². The lowest BCUT2D eigenvalue weighted by molar-refractivity contribution is 0.313. The number of nitrogens with zero attached hydrogens (tertiary/aromatic N) is 5. The third-order valence-corrected chi connectivity index (χ3v) is 8.00. The van der Waals surface area contributed by atoms with Crippen LogP contribution >= 0.6 is 22.7 Å².